The van der Waals surface area contributed by atoms with E-state index >= 15 is 0 Å². The van der Waals surface area contributed by atoms with Crippen LogP contribution >= 0.6 is 0 Å². The lowest BCUT2D eigenvalue weighted by Crippen LogP contribution is -3.12. The van der Waals surface area contributed by atoms with E-state index in [4.69, 9.17) is 0 Å². The SMILES string of the molecule is C[N-][NH+](C)NC(=O)c1cccc(-c2ccccc2)c1. The largest absolute Gasteiger partial charge is 0.431 e. The van der Waals surface area contributed by atoms with E-state index in [0.717, 1.165) is 11.1 Å². The second-order valence-corrected chi connectivity index (χ2v) is 4.21. The average Bonchev–Trinajstić information content (AvgIpc) is 2.48. The molecule has 2 aromatic rings. The molecule has 19 heavy (non-hydrogen) atoms. The Kier molecular flexibility index (Phi) is 4.28. The summed E-state index contributed by atoms with van der Waals surface area (Å²) in [6, 6.07) is 17.5. The van der Waals surface area contributed by atoms with Crippen LogP contribution in [0.15, 0.2) is 54.6 Å². The molecule has 0 heterocycles. The molecule has 4 nitrogen and oxygen atoms in total. The van der Waals surface area contributed by atoms with Crippen LogP contribution in [-0.4, -0.2) is 20.0 Å². The first-order valence-corrected chi connectivity index (χ1v) is 6.11. The van der Waals surface area contributed by atoms with Crippen molar-refractivity contribution in [2.24, 2.45) is 0 Å². The van der Waals surface area contributed by atoms with Gasteiger partial charge in [0.15, 0.2) is 0 Å². The first-order chi connectivity index (χ1) is 9.20. The maximum absolute atomic E-state index is 12.0. The summed E-state index contributed by atoms with van der Waals surface area (Å²) in [7, 11) is 3.41. The lowest BCUT2D eigenvalue weighted by molar-refractivity contribution is -0.877. The number of hydrogen-bond acceptors (Lipinski definition) is 1. The van der Waals surface area contributed by atoms with Gasteiger partial charge in [-0.2, -0.15) is 0 Å². The third-order valence-corrected chi connectivity index (χ3v) is 2.86. The zero-order valence-electron chi connectivity index (χ0n) is 11.1. The van der Waals surface area contributed by atoms with Crippen molar-refractivity contribution in [3.05, 3.63) is 65.6 Å². The van der Waals surface area contributed by atoms with Gasteiger partial charge in [-0.3, -0.25) is 4.79 Å². The number of amides is 1. The zero-order valence-corrected chi connectivity index (χ0v) is 11.1. The minimum absolute atomic E-state index is 0.138. The fourth-order valence-electron chi connectivity index (χ4n) is 1.76. The van der Waals surface area contributed by atoms with Crippen molar-refractivity contribution in [1.29, 1.82) is 0 Å². The molecular weight excluding hydrogens is 238 g/mol. The molecule has 0 spiro atoms. The summed E-state index contributed by atoms with van der Waals surface area (Å²) in [5.74, 6) is -0.138. The van der Waals surface area contributed by atoms with Gasteiger partial charge in [0.05, 0.1) is 7.05 Å². The van der Waals surface area contributed by atoms with Crippen LogP contribution in [0.5, 0.6) is 0 Å². The summed E-state index contributed by atoms with van der Waals surface area (Å²) in [5, 5.41) is 0.607. The van der Waals surface area contributed by atoms with Crippen molar-refractivity contribution >= 4 is 5.91 Å². The van der Waals surface area contributed by atoms with Crippen LogP contribution in [0.25, 0.3) is 16.6 Å². The number of carbonyl (C=O) groups excluding carboxylic acids is 1. The number of nitrogens with zero attached hydrogens (tertiary/aromatic N) is 1. The minimum Gasteiger partial charge on any atom is -0.431 e. The molecule has 2 rings (SSSR count). The number of nitrogens with one attached hydrogen (secondary N) is 2. The molecule has 0 aromatic heterocycles. The van der Waals surface area contributed by atoms with Gasteiger partial charge in [-0.15, -0.1) is 7.05 Å². The third-order valence-electron chi connectivity index (χ3n) is 2.86. The summed E-state index contributed by atoms with van der Waals surface area (Å²) < 4.78 is 0. The molecule has 2 N–H and O–H groups in total. The summed E-state index contributed by atoms with van der Waals surface area (Å²) >= 11 is 0. The van der Waals surface area contributed by atoms with Crippen LogP contribution in [0.1, 0.15) is 10.4 Å². The highest BCUT2D eigenvalue weighted by Gasteiger charge is 2.08. The highest BCUT2D eigenvalue weighted by atomic mass is 16.2. The molecular formula is C15H17N3O. The van der Waals surface area contributed by atoms with Crippen LogP contribution in [0.4, 0.5) is 0 Å². The van der Waals surface area contributed by atoms with Crippen molar-refractivity contribution < 1.29 is 9.91 Å². The predicted molar refractivity (Wildman–Crippen MR) is 75.5 cm³/mol. The minimum atomic E-state index is -0.138. The van der Waals surface area contributed by atoms with Crippen molar-refractivity contribution in [3.8, 4) is 11.1 Å². The molecule has 0 radical (unpaired) electrons. The van der Waals surface area contributed by atoms with E-state index in [1.54, 1.807) is 20.2 Å². The zero-order chi connectivity index (χ0) is 13.7. The van der Waals surface area contributed by atoms with Gasteiger partial charge in [0, 0.05) is 5.56 Å². The topological polar surface area (TPSA) is 47.6 Å². The fraction of sp³-hybridized carbons (Fsp3) is 0.133. The maximum Gasteiger partial charge on any atom is 0.295 e. The van der Waals surface area contributed by atoms with Crippen molar-refractivity contribution in [2.75, 3.05) is 14.1 Å². The van der Waals surface area contributed by atoms with Gasteiger partial charge < -0.3 is 10.5 Å². The Morgan fingerprint density at radius 1 is 1.05 bits per heavy atom. The second kappa shape index (κ2) is 6.13. The summed E-state index contributed by atoms with van der Waals surface area (Å²) in [6.45, 7) is 0. The Morgan fingerprint density at radius 2 is 1.74 bits per heavy atom. The van der Waals surface area contributed by atoms with Crippen molar-refractivity contribution in [1.82, 2.24) is 5.43 Å². The van der Waals surface area contributed by atoms with E-state index in [0.29, 0.717) is 10.7 Å². The Morgan fingerprint density at radius 3 is 2.42 bits per heavy atom. The molecule has 4 heteroatoms. The van der Waals surface area contributed by atoms with E-state index in [1.165, 1.54) is 0 Å². The molecule has 1 unspecified atom stereocenters. The highest BCUT2D eigenvalue weighted by Crippen LogP contribution is 2.19. The third kappa shape index (κ3) is 3.40. The first-order valence-electron chi connectivity index (χ1n) is 6.11. The molecule has 0 saturated carbocycles. The molecule has 0 aliphatic carbocycles. The van der Waals surface area contributed by atoms with Gasteiger partial charge in [0.1, 0.15) is 0 Å². The Bertz CT molecular complexity index is 554. The number of carbonyl (C=O) groups is 1. The van der Waals surface area contributed by atoms with Crippen molar-refractivity contribution in [3.63, 3.8) is 0 Å². The Balaban J connectivity index is 2.23. The Labute approximate surface area is 113 Å². The molecule has 98 valence electrons. The monoisotopic (exact) mass is 255 g/mol. The number of rotatable bonds is 4. The summed E-state index contributed by atoms with van der Waals surface area (Å²) in [4.78, 5) is 12.0. The van der Waals surface area contributed by atoms with Crippen LogP contribution in [-0.2, 0) is 0 Å². The summed E-state index contributed by atoms with van der Waals surface area (Å²) in [5.41, 5.74) is 9.41. The second-order valence-electron chi connectivity index (χ2n) is 4.21. The van der Waals surface area contributed by atoms with E-state index in [2.05, 4.69) is 10.9 Å². The molecule has 0 bridgehead atoms. The van der Waals surface area contributed by atoms with Crippen LogP contribution < -0.4 is 10.5 Å². The Hall–Kier alpha value is -2.17. The van der Waals surface area contributed by atoms with Gasteiger partial charge >= 0.3 is 0 Å². The number of benzene rings is 2. The van der Waals surface area contributed by atoms with Gasteiger partial charge in [0.2, 0.25) is 0 Å². The average molecular weight is 255 g/mol. The van der Waals surface area contributed by atoms with E-state index < -0.39 is 0 Å². The lowest BCUT2D eigenvalue weighted by atomic mass is 10.0. The van der Waals surface area contributed by atoms with E-state index in [9.17, 15) is 4.79 Å². The van der Waals surface area contributed by atoms with Crippen molar-refractivity contribution in [2.45, 2.75) is 0 Å². The molecule has 0 aliphatic heterocycles. The molecule has 0 fully saturated rings. The first kappa shape index (κ1) is 13.3. The number of quaternary nitrogens is 1. The predicted octanol–water partition coefficient (Wildman–Crippen LogP) is 1.43. The number of hydrogen-bond donors (Lipinski definition) is 2. The van der Waals surface area contributed by atoms with Crippen LogP contribution in [0.2, 0.25) is 0 Å². The molecule has 0 aliphatic rings. The van der Waals surface area contributed by atoms with Gasteiger partial charge in [-0.1, -0.05) is 42.5 Å². The molecule has 0 saturated heterocycles. The lowest BCUT2D eigenvalue weighted by Gasteiger charge is -2.22. The highest BCUT2D eigenvalue weighted by molar-refractivity contribution is 5.94. The quantitative estimate of drug-likeness (QED) is 0.798. The fourth-order valence-corrected chi connectivity index (χ4v) is 1.76. The van der Waals surface area contributed by atoms with E-state index in [1.807, 2.05) is 48.5 Å². The van der Waals surface area contributed by atoms with Crippen LogP contribution in [0.3, 0.4) is 0 Å². The molecule has 2 aromatic carbocycles. The van der Waals surface area contributed by atoms with Gasteiger partial charge in [0.25, 0.3) is 5.91 Å². The normalized spacial score (nSPS) is 11.9. The van der Waals surface area contributed by atoms with Gasteiger partial charge in [-0.25, -0.2) is 5.43 Å². The van der Waals surface area contributed by atoms with Gasteiger partial charge in [-0.05, 0) is 23.3 Å². The summed E-state index contributed by atoms with van der Waals surface area (Å²) in [6.07, 6.45) is 0. The molecule has 1 amide bonds. The smallest absolute Gasteiger partial charge is 0.295 e. The molecule has 1 atom stereocenters. The maximum atomic E-state index is 12.0. The van der Waals surface area contributed by atoms with E-state index in [-0.39, 0.29) is 5.91 Å². The standard InChI is InChI=1S/C15H17N3O/c1-16-18(2)17-15(19)14-10-6-9-13(11-14)12-7-4-3-5-8-12/h3-11,18H,1-2H3,(H,17,19). The van der Waals surface area contributed by atoms with Crippen LogP contribution in [0, 0.1) is 0 Å².